The Hall–Kier alpha value is -2.07. The number of alkyl halides is 4. The number of nitrogens with zero attached hydrogens (tertiary/aromatic N) is 3. The van der Waals surface area contributed by atoms with Crippen molar-refractivity contribution in [1.29, 1.82) is 0 Å². The Bertz CT molecular complexity index is 1230. The number of fused-ring (bicyclic) bond motifs is 1. The predicted octanol–water partition coefficient (Wildman–Crippen LogP) is 5.80. The molecule has 180 valence electrons. The summed E-state index contributed by atoms with van der Waals surface area (Å²) in [6, 6.07) is 9.85. The van der Waals surface area contributed by atoms with E-state index in [4.69, 9.17) is 11.6 Å². The molecule has 4 nitrogen and oxygen atoms in total. The summed E-state index contributed by atoms with van der Waals surface area (Å²) in [6.07, 6.45) is -0.864. The Morgan fingerprint density at radius 1 is 1.21 bits per heavy atom. The highest BCUT2D eigenvalue weighted by Crippen LogP contribution is 2.35. The summed E-state index contributed by atoms with van der Waals surface area (Å²) in [7, 11) is 0. The predicted molar refractivity (Wildman–Crippen MR) is 129 cm³/mol. The molecule has 3 heterocycles. The van der Waals surface area contributed by atoms with E-state index in [2.05, 4.69) is 21.4 Å². The molecule has 34 heavy (non-hydrogen) atoms. The molecule has 2 atom stereocenters. The standard InChI is InChI=1S/C24H23ClF4N4S/c25-18-3-2-16(22(7-18)24(27,28)29)11-33-23-4-1-15(5-17(23)9-31-33)6-21-13-32(14-34-21)12-20-8-19(26)10-30-20/h1-7,9,19-20,30H,8,10-14H2/b21-6-/t19-,20+/m1/s1. The molecule has 2 fully saturated rings. The summed E-state index contributed by atoms with van der Waals surface area (Å²) in [6.45, 7) is 2.10. The third kappa shape index (κ3) is 5.27. The molecule has 0 spiro atoms. The van der Waals surface area contributed by atoms with Gasteiger partial charge in [-0.3, -0.25) is 9.58 Å². The van der Waals surface area contributed by atoms with Crippen LogP contribution in [-0.2, 0) is 12.7 Å². The molecule has 10 heteroatoms. The lowest BCUT2D eigenvalue weighted by Crippen LogP contribution is -2.35. The summed E-state index contributed by atoms with van der Waals surface area (Å²) in [4.78, 5) is 3.55. The summed E-state index contributed by atoms with van der Waals surface area (Å²) < 4.78 is 55.3. The van der Waals surface area contributed by atoms with Crippen LogP contribution in [0.1, 0.15) is 23.1 Å². The molecule has 3 aromatic rings. The van der Waals surface area contributed by atoms with Crippen molar-refractivity contribution < 1.29 is 17.6 Å². The fraction of sp³-hybridized carbons (Fsp3) is 0.375. The van der Waals surface area contributed by atoms with E-state index in [0.29, 0.717) is 13.0 Å². The van der Waals surface area contributed by atoms with E-state index < -0.39 is 17.9 Å². The minimum atomic E-state index is -4.49. The molecule has 5 rings (SSSR count). The molecular formula is C24H23ClF4N4S. The van der Waals surface area contributed by atoms with Crippen LogP contribution in [0.2, 0.25) is 5.02 Å². The van der Waals surface area contributed by atoms with Gasteiger partial charge in [-0.05, 0) is 47.9 Å². The molecule has 0 amide bonds. The Morgan fingerprint density at radius 3 is 2.82 bits per heavy atom. The molecule has 0 saturated carbocycles. The number of hydrogen-bond acceptors (Lipinski definition) is 4. The molecule has 1 N–H and O–H groups in total. The quantitative estimate of drug-likeness (QED) is 0.440. The highest BCUT2D eigenvalue weighted by Gasteiger charge is 2.33. The number of nitrogens with one attached hydrogen (secondary N) is 1. The Labute approximate surface area is 203 Å². The first-order valence-corrected chi connectivity index (χ1v) is 12.4. The number of halogens is 5. The van der Waals surface area contributed by atoms with E-state index in [-0.39, 0.29) is 23.2 Å². The van der Waals surface area contributed by atoms with Crippen LogP contribution in [0.3, 0.4) is 0 Å². The van der Waals surface area contributed by atoms with Crippen molar-refractivity contribution in [3.05, 3.63) is 69.2 Å². The second-order valence-corrected chi connectivity index (χ2v) is 10.3. The van der Waals surface area contributed by atoms with Gasteiger partial charge in [-0.2, -0.15) is 18.3 Å². The number of thioether (sulfide) groups is 1. The van der Waals surface area contributed by atoms with Gasteiger partial charge in [-0.25, -0.2) is 4.39 Å². The highest BCUT2D eigenvalue weighted by atomic mass is 35.5. The first kappa shape index (κ1) is 23.7. The van der Waals surface area contributed by atoms with Crippen LogP contribution in [-0.4, -0.2) is 52.4 Å². The highest BCUT2D eigenvalue weighted by molar-refractivity contribution is 8.03. The van der Waals surface area contributed by atoms with Gasteiger partial charge in [0.15, 0.2) is 0 Å². The van der Waals surface area contributed by atoms with Crippen LogP contribution in [0.4, 0.5) is 17.6 Å². The Kier molecular flexibility index (Phi) is 6.63. The maximum atomic E-state index is 13.5. The molecule has 2 aliphatic rings. The molecular weight excluding hydrogens is 488 g/mol. The monoisotopic (exact) mass is 510 g/mol. The van der Waals surface area contributed by atoms with Gasteiger partial charge in [-0.1, -0.05) is 23.7 Å². The number of hydrogen-bond donors (Lipinski definition) is 1. The van der Waals surface area contributed by atoms with Crippen molar-refractivity contribution >= 4 is 40.3 Å². The lowest BCUT2D eigenvalue weighted by atomic mass is 10.1. The molecule has 1 aromatic heterocycles. The van der Waals surface area contributed by atoms with Crippen LogP contribution in [0.5, 0.6) is 0 Å². The molecule has 2 saturated heterocycles. The fourth-order valence-corrected chi connectivity index (χ4v) is 5.74. The van der Waals surface area contributed by atoms with Gasteiger partial charge >= 0.3 is 6.18 Å². The van der Waals surface area contributed by atoms with Crippen LogP contribution < -0.4 is 5.32 Å². The maximum Gasteiger partial charge on any atom is 0.416 e. The number of rotatable bonds is 5. The van der Waals surface area contributed by atoms with Crippen LogP contribution in [0.15, 0.2) is 47.5 Å². The van der Waals surface area contributed by atoms with Gasteiger partial charge in [-0.15, -0.1) is 11.8 Å². The zero-order valence-electron chi connectivity index (χ0n) is 18.2. The molecule has 0 bridgehead atoms. The average molecular weight is 511 g/mol. The van der Waals surface area contributed by atoms with Crippen LogP contribution in [0.25, 0.3) is 17.0 Å². The summed E-state index contributed by atoms with van der Waals surface area (Å²) >= 11 is 7.57. The van der Waals surface area contributed by atoms with E-state index in [1.807, 2.05) is 18.2 Å². The minimum Gasteiger partial charge on any atom is -0.310 e. The third-order valence-electron chi connectivity index (χ3n) is 6.15. The van der Waals surface area contributed by atoms with Gasteiger partial charge in [0.05, 0.1) is 23.8 Å². The van der Waals surface area contributed by atoms with Gasteiger partial charge in [0.1, 0.15) is 6.17 Å². The topological polar surface area (TPSA) is 33.1 Å². The Morgan fingerprint density at radius 2 is 2.06 bits per heavy atom. The average Bonchev–Trinajstić information content (AvgIpc) is 3.50. The van der Waals surface area contributed by atoms with Gasteiger partial charge in [0, 0.05) is 46.9 Å². The first-order valence-electron chi connectivity index (χ1n) is 11.0. The number of benzene rings is 2. The summed E-state index contributed by atoms with van der Waals surface area (Å²) in [5.74, 6) is 0.879. The van der Waals surface area contributed by atoms with Crippen molar-refractivity contribution in [2.24, 2.45) is 0 Å². The maximum absolute atomic E-state index is 13.5. The summed E-state index contributed by atoms with van der Waals surface area (Å²) in [5, 5.41) is 8.47. The second kappa shape index (κ2) is 9.53. The molecule has 0 radical (unpaired) electrons. The second-order valence-electron chi connectivity index (χ2n) is 8.75. The largest absolute Gasteiger partial charge is 0.416 e. The van der Waals surface area contributed by atoms with Crippen molar-refractivity contribution in [2.75, 3.05) is 25.5 Å². The zero-order valence-corrected chi connectivity index (χ0v) is 19.7. The van der Waals surface area contributed by atoms with Crippen molar-refractivity contribution in [3.8, 4) is 0 Å². The Balaban J connectivity index is 1.30. The SMILES string of the molecule is F[C@H]1CN[C@H](CN2CS/C(=C\c3ccc4c(cnn4Cc4ccc(Cl)cc4C(F)(F)F)c3)C2)C1. The molecule has 0 aliphatic carbocycles. The summed E-state index contributed by atoms with van der Waals surface area (Å²) in [5.41, 5.74) is 1.15. The molecule has 2 aliphatic heterocycles. The van der Waals surface area contributed by atoms with Crippen molar-refractivity contribution in [3.63, 3.8) is 0 Å². The fourth-order valence-electron chi connectivity index (χ4n) is 4.53. The van der Waals surface area contributed by atoms with Crippen LogP contribution in [0, 0.1) is 0 Å². The van der Waals surface area contributed by atoms with Gasteiger partial charge < -0.3 is 5.32 Å². The van der Waals surface area contributed by atoms with Gasteiger partial charge in [0.2, 0.25) is 0 Å². The van der Waals surface area contributed by atoms with E-state index in [1.165, 1.54) is 17.0 Å². The first-order chi connectivity index (χ1) is 16.2. The zero-order chi connectivity index (χ0) is 23.9. The number of aromatic nitrogens is 2. The normalized spacial score (nSPS) is 22.9. The smallest absolute Gasteiger partial charge is 0.310 e. The molecule has 2 aromatic carbocycles. The van der Waals surface area contributed by atoms with Gasteiger partial charge in [0.25, 0.3) is 0 Å². The minimum absolute atomic E-state index is 0.00427. The van der Waals surface area contributed by atoms with Crippen molar-refractivity contribution in [2.45, 2.75) is 31.4 Å². The van der Waals surface area contributed by atoms with E-state index in [9.17, 15) is 17.6 Å². The lowest BCUT2D eigenvalue weighted by molar-refractivity contribution is -0.138. The third-order valence-corrected chi connectivity index (χ3v) is 7.50. The van der Waals surface area contributed by atoms with Crippen molar-refractivity contribution in [1.82, 2.24) is 20.0 Å². The van der Waals surface area contributed by atoms with E-state index in [0.717, 1.165) is 41.5 Å². The van der Waals surface area contributed by atoms with Crippen LogP contribution >= 0.6 is 23.4 Å². The van der Waals surface area contributed by atoms with E-state index in [1.54, 1.807) is 22.6 Å². The van der Waals surface area contributed by atoms with E-state index >= 15 is 0 Å². The lowest BCUT2D eigenvalue weighted by Gasteiger charge is -2.18. The molecule has 0 unspecified atom stereocenters.